The van der Waals surface area contributed by atoms with Crippen molar-refractivity contribution in [2.45, 2.75) is 50.4 Å². The quantitative estimate of drug-likeness (QED) is 0.728. The smallest absolute Gasteiger partial charge is 0.451 e. The topological polar surface area (TPSA) is 52.3 Å². The van der Waals surface area contributed by atoms with Crippen LogP contribution in [0.1, 0.15) is 33.1 Å². The van der Waals surface area contributed by atoms with Crippen LogP contribution in [-0.2, 0) is 9.53 Å². The Morgan fingerprint density at radius 2 is 1.80 bits per heavy atom. The van der Waals surface area contributed by atoms with Gasteiger partial charge in [-0.05, 0) is 33.1 Å². The van der Waals surface area contributed by atoms with E-state index in [-0.39, 0.29) is 0 Å². The van der Waals surface area contributed by atoms with Crippen molar-refractivity contribution < 1.29 is 22.7 Å². The molecule has 1 fully saturated rings. The number of carbonyl (C=O) groups excluding carboxylic acids is 1. The Labute approximate surface area is 85.8 Å². The number of esters is 1. The summed E-state index contributed by atoms with van der Waals surface area (Å²) >= 11 is 0. The van der Waals surface area contributed by atoms with Crippen LogP contribution in [0.4, 0.5) is 13.2 Å². The second-order valence-electron chi connectivity index (χ2n) is 4.41. The van der Waals surface area contributed by atoms with Gasteiger partial charge in [0.25, 0.3) is 0 Å². The fraction of sp³-hybridized carbons (Fsp3) is 0.889. The van der Waals surface area contributed by atoms with Gasteiger partial charge in [-0.2, -0.15) is 13.2 Å². The molecule has 6 heteroatoms. The minimum atomic E-state index is -4.96. The summed E-state index contributed by atoms with van der Waals surface area (Å²) in [6, 6.07) is 0. The highest BCUT2D eigenvalue weighted by molar-refractivity contribution is 5.76. The first-order chi connectivity index (χ1) is 6.58. The van der Waals surface area contributed by atoms with Gasteiger partial charge in [0.1, 0.15) is 5.60 Å². The molecule has 2 N–H and O–H groups in total. The number of hydrogen-bond donors (Lipinski definition) is 1. The van der Waals surface area contributed by atoms with Gasteiger partial charge in [-0.25, -0.2) is 4.79 Å². The van der Waals surface area contributed by atoms with Gasteiger partial charge in [0, 0.05) is 0 Å². The van der Waals surface area contributed by atoms with Gasteiger partial charge in [-0.15, -0.1) is 0 Å². The Bertz CT molecular complexity index is 269. The standard InChI is InChI=1S/C9H14F3NO2/c1-7(2,8(13)4-3-5-8)15-6(14)9(10,11)12/h3-5,13H2,1-2H3. The highest BCUT2D eigenvalue weighted by Gasteiger charge is 2.52. The van der Waals surface area contributed by atoms with Crippen LogP contribution in [0.15, 0.2) is 0 Å². The lowest BCUT2D eigenvalue weighted by molar-refractivity contribution is -0.219. The fourth-order valence-corrected chi connectivity index (χ4v) is 1.55. The molecule has 0 heterocycles. The predicted molar refractivity (Wildman–Crippen MR) is 47.0 cm³/mol. The summed E-state index contributed by atoms with van der Waals surface area (Å²) in [5, 5.41) is 0. The summed E-state index contributed by atoms with van der Waals surface area (Å²) in [6.07, 6.45) is -2.96. The summed E-state index contributed by atoms with van der Waals surface area (Å²) in [6.45, 7) is 2.82. The molecular formula is C9H14F3NO2. The largest absolute Gasteiger partial charge is 0.490 e. The zero-order valence-corrected chi connectivity index (χ0v) is 8.65. The molecule has 0 aromatic carbocycles. The van der Waals surface area contributed by atoms with Crippen molar-refractivity contribution in [1.82, 2.24) is 0 Å². The van der Waals surface area contributed by atoms with Gasteiger partial charge in [0.2, 0.25) is 0 Å². The molecule has 1 saturated carbocycles. The second kappa shape index (κ2) is 3.37. The van der Waals surface area contributed by atoms with E-state index in [0.717, 1.165) is 6.42 Å². The van der Waals surface area contributed by atoms with Crippen molar-refractivity contribution in [3.8, 4) is 0 Å². The molecule has 0 bridgehead atoms. The van der Waals surface area contributed by atoms with Crippen LogP contribution in [0, 0.1) is 0 Å². The van der Waals surface area contributed by atoms with Gasteiger partial charge in [-0.1, -0.05) is 0 Å². The van der Waals surface area contributed by atoms with Gasteiger partial charge in [0.15, 0.2) is 0 Å². The minimum absolute atomic E-state index is 0.575. The average molecular weight is 225 g/mol. The molecule has 0 saturated heterocycles. The van der Waals surface area contributed by atoms with Crippen LogP contribution in [0.25, 0.3) is 0 Å². The predicted octanol–water partition coefficient (Wildman–Crippen LogP) is 1.75. The Hall–Kier alpha value is -0.780. The third-order valence-electron chi connectivity index (χ3n) is 3.02. The highest BCUT2D eigenvalue weighted by Crippen LogP contribution is 2.41. The van der Waals surface area contributed by atoms with E-state index in [9.17, 15) is 18.0 Å². The van der Waals surface area contributed by atoms with Gasteiger partial charge in [-0.3, -0.25) is 0 Å². The van der Waals surface area contributed by atoms with E-state index in [2.05, 4.69) is 4.74 Å². The van der Waals surface area contributed by atoms with E-state index in [1.807, 2.05) is 0 Å². The van der Waals surface area contributed by atoms with Crippen molar-refractivity contribution in [3.05, 3.63) is 0 Å². The molecule has 88 valence electrons. The number of hydrogen-bond acceptors (Lipinski definition) is 3. The number of carbonyl (C=O) groups is 1. The summed E-state index contributed by atoms with van der Waals surface area (Å²) < 4.78 is 40.3. The van der Waals surface area contributed by atoms with Crippen LogP contribution in [0.2, 0.25) is 0 Å². The van der Waals surface area contributed by atoms with Crippen LogP contribution in [-0.4, -0.2) is 23.3 Å². The number of alkyl halides is 3. The van der Waals surface area contributed by atoms with E-state index in [4.69, 9.17) is 5.73 Å². The lowest BCUT2D eigenvalue weighted by atomic mass is 9.67. The van der Waals surface area contributed by atoms with Crippen LogP contribution in [0.3, 0.4) is 0 Å². The summed E-state index contributed by atoms with van der Waals surface area (Å²) in [4.78, 5) is 10.7. The third kappa shape index (κ3) is 2.25. The molecule has 0 radical (unpaired) electrons. The molecule has 0 atom stereocenters. The SMILES string of the molecule is CC(C)(OC(=O)C(F)(F)F)C1(N)CCC1. The monoisotopic (exact) mass is 225 g/mol. The number of rotatable bonds is 2. The molecule has 0 aromatic rings. The van der Waals surface area contributed by atoms with E-state index < -0.39 is 23.3 Å². The summed E-state index contributed by atoms with van der Waals surface area (Å²) in [7, 11) is 0. The van der Waals surface area contributed by atoms with E-state index in [1.54, 1.807) is 0 Å². The van der Waals surface area contributed by atoms with Crippen LogP contribution in [0.5, 0.6) is 0 Å². The second-order valence-corrected chi connectivity index (χ2v) is 4.41. The normalized spacial score (nSPS) is 20.7. The van der Waals surface area contributed by atoms with Crippen LogP contribution < -0.4 is 5.73 Å². The maximum atomic E-state index is 12.0. The Balaban J connectivity index is 2.68. The first-order valence-electron chi connectivity index (χ1n) is 4.68. The number of ether oxygens (including phenoxy) is 1. The molecule has 0 aromatic heterocycles. The van der Waals surface area contributed by atoms with Crippen molar-refractivity contribution in [2.24, 2.45) is 5.73 Å². The maximum Gasteiger partial charge on any atom is 0.490 e. The van der Waals surface area contributed by atoms with Gasteiger partial charge >= 0.3 is 12.1 Å². The van der Waals surface area contributed by atoms with E-state index >= 15 is 0 Å². The molecule has 0 aliphatic heterocycles. The zero-order valence-electron chi connectivity index (χ0n) is 8.65. The summed E-state index contributed by atoms with van der Waals surface area (Å²) in [5.74, 6) is -2.18. The molecule has 3 nitrogen and oxygen atoms in total. The summed E-state index contributed by atoms with van der Waals surface area (Å²) in [5.41, 5.74) is 3.72. The average Bonchev–Trinajstić information content (AvgIpc) is 1.97. The van der Waals surface area contributed by atoms with Crippen molar-refractivity contribution in [2.75, 3.05) is 0 Å². The molecule has 15 heavy (non-hydrogen) atoms. The van der Waals surface area contributed by atoms with Gasteiger partial charge in [0.05, 0.1) is 5.54 Å². The van der Waals surface area contributed by atoms with Crippen molar-refractivity contribution >= 4 is 5.97 Å². The van der Waals surface area contributed by atoms with Crippen molar-refractivity contribution in [3.63, 3.8) is 0 Å². The van der Waals surface area contributed by atoms with Crippen LogP contribution >= 0.6 is 0 Å². The third-order valence-corrected chi connectivity index (χ3v) is 3.02. The first kappa shape index (κ1) is 12.3. The zero-order chi connectivity index (χ0) is 11.9. The minimum Gasteiger partial charge on any atom is -0.451 e. The fourth-order valence-electron chi connectivity index (χ4n) is 1.55. The van der Waals surface area contributed by atoms with Gasteiger partial charge < -0.3 is 10.5 Å². The molecule has 0 unspecified atom stereocenters. The van der Waals surface area contributed by atoms with Crippen molar-refractivity contribution in [1.29, 1.82) is 0 Å². The molecule has 1 aliphatic rings. The first-order valence-corrected chi connectivity index (χ1v) is 4.68. The molecular weight excluding hydrogens is 211 g/mol. The molecule has 0 spiro atoms. The Morgan fingerprint density at radius 1 is 1.33 bits per heavy atom. The Kier molecular flexibility index (Phi) is 2.76. The Morgan fingerprint density at radius 3 is 2.07 bits per heavy atom. The lowest BCUT2D eigenvalue weighted by Crippen LogP contribution is -2.64. The number of nitrogens with two attached hydrogens (primary N) is 1. The highest BCUT2D eigenvalue weighted by atomic mass is 19.4. The number of halogens is 3. The molecule has 1 rings (SSSR count). The molecule has 0 amide bonds. The van der Waals surface area contributed by atoms with E-state index in [1.165, 1.54) is 13.8 Å². The maximum absolute atomic E-state index is 12.0. The van der Waals surface area contributed by atoms with E-state index in [0.29, 0.717) is 12.8 Å². The lowest BCUT2D eigenvalue weighted by Gasteiger charge is -2.49. The molecule has 1 aliphatic carbocycles.